The molecule has 20 heavy (non-hydrogen) atoms. The number of nitrogens with zero attached hydrogens (tertiary/aromatic N) is 1. The summed E-state index contributed by atoms with van der Waals surface area (Å²) in [6.07, 6.45) is 1.18. The third-order valence-corrected chi connectivity index (χ3v) is 3.91. The first-order valence-corrected chi connectivity index (χ1v) is 6.87. The zero-order valence-electron chi connectivity index (χ0n) is 11.6. The lowest BCUT2D eigenvalue weighted by molar-refractivity contribution is -0.141. The quantitative estimate of drug-likeness (QED) is 0.819. The van der Waals surface area contributed by atoms with E-state index in [4.69, 9.17) is 10.8 Å². The van der Waals surface area contributed by atoms with Crippen molar-refractivity contribution < 1.29 is 14.7 Å². The summed E-state index contributed by atoms with van der Waals surface area (Å²) in [6, 6.07) is 7.86. The van der Waals surface area contributed by atoms with E-state index in [1.54, 1.807) is 0 Å². The van der Waals surface area contributed by atoms with Crippen LogP contribution >= 0.6 is 0 Å². The van der Waals surface area contributed by atoms with E-state index in [9.17, 15) is 9.59 Å². The summed E-state index contributed by atoms with van der Waals surface area (Å²) in [7, 11) is 0. The first-order valence-electron chi connectivity index (χ1n) is 6.87. The molecule has 2 rings (SSSR count). The molecule has 0 aromatic heterocycles. The molecule has 5 heteroatoms. The Morgan fingerprint density at radius 1 is 1.35 bits per heavy atom. The van der Waals surface area contributed by atoms with Crippen molar-refractivity contribution in [2.75, 3.05) is 18.0 Å². The fourth-order valence-electron chi connectivity index (χ4n) is 2.40. The van der Waals surface area contributed by atoms with Gasteiger partial charge in [0.25, 0.3) is 0 Å². The van der Waals surface area contributed by atoms with Crippen LogP contribution in [0.5, 0.6) is 0 Å². The fraction of sp³-hybridized carbons (Fsp3) is 0.467. The van der Waals surface area contributed by atoms with Crippen molar-refractivity contribution in [1.29, 1.82) is 0 Å². The van der Waals surface area contributed by atoms with Gasteiger partial charge in [-0.3, -0.25) is 9.59 Å². The molecule has 0 spiro atoms. The number of carboxylic acids is 1. The summed E-state index contributed by atoms with van der Waals surface area (Å²) >= 11 is 0. The summed E-state index contributed by atoms with van der Waals surface area (Å²) < 4.78 is 0. The SMILES string of the molecule is CCC(Cc1ccc(N2CC(C(N)=O)C2)cc1)C(=O)O. The number of amides is 1. The van der Waals surface area contributed by atoms with E-state index in [1.165, 1.54) is 0 Å². The predicted octanol–water partition coefficient (Wildman–Crippen LogP) is 1.26. The molecule has 1 aliphatic rings. The van der Waals surface area contributed by atoms with Crippen LogP contribution in [-0.2, 0) is 16.0 Å². The molecule has 1 saturated heterocycles. The second kappa shape index (κ2) is 5.94. The van der Waals surface area contributed by atoms with Crippen molar-refractivity contribution in [1.82, 2.24) is 0 Å². The van der Waals surface area contributed by atoms with Gasteiger partial charge in [-0.25, -0.2) is 0 Å². The summed E-state index contributed by atoms with van der Waals surface area (Å²) in [5.41, 5.74) is 7.31. The maximum Gasteiger partial charge on any atom is 0.306 e. The van der Waals surface area contributed by atoms with Crippen LogP contribution in [0.2, 0.25) is 0 Å². The van der Waals surface area contributed by atoms with Crippen LogP contribution in [-0.4, -0.2) is 30.1 Å². The van der Waals surface area contributed by atoms with Crippen LogP contribution in [0.15, 0.2) is 24.3 Å². The van der Waals surface area contributed by atoms with Gasteiger partial charge in [-0.05, 0) is 30.5 Å². The summed E-state index contributed by atoms with van der Waals surface area (Å²) in [4.78, 5) is 24.1. The predicted molar refractivity (Wildman–Crippen MR) is 76.5 cm³/mol. The molecule has 1 fully saturated rings. The number of carbonyl (C=O) groups is 2. The molecule has 1 aromatic carbocycles. The Balaban J connectivity index is 1.94. The third kappa shape index (κ3) is 3.10. The first-order chi connectivity index (χ1) is 9.51. The Morgan fingerprint density at radius 3 is 2.40 bits per heavy atom. The van der Waals surface area contributed by atoms with Crippen molar-refractivity contribution in [2.45, 2.75) is 19.8 Å². The number of anilines is 1. The number of hydrogen-bond acceptors (Lipinski definition) is 3. The number of rotatable bonds is 6. The van der Waals surface area contributed by atoms with Crippen LogP contribution in [0.4, 0.5) is 5.69 Å². The van der Waals surface area contributed by atoms with Gasteiger partial charge in [-0.1, -0.05) is 19.1 Å². The molecule has 1 amide bonds. The normalized spacial score (nSPS) is 16.6. The standard InChI is InChI=1S/C15H20N2O3/c1-2-11(15(19)20)7-10-3-5-13(6-4-10)17-8-12(9-17)14(16)18/h3-6,11-12H,2,7-9H2,1H3,(H2,16,18)(H,19,20). The Labute approximate surface area is 118 Å². The average molecular weight is 276 g/mol. The van der Waals surface area contributed by atoms with Gasteiger partial charge in [-0.2, -0.15) is 0 Å². The Morgan fingerprint density at radius 2 is 1.95 bits per heavy atom. The number of carboxylic acid groups (broad SMARTS) is 1. The van der Waals surface area contributed by atoms with Crippen LogP contribution in [0.3, 0.4) is 0 Å². The highest BCUT2D eigenvalue weighted by atomic mass is 16.4. The lowest BCUT2D eigenvalue weighted by Crippen LogP contribution is -2.52. The molecule has 0 saturated carbocycles. The molecule has 3 N–H and O–H groups in total. The second-order valence-electron chi connectivity index (χ2n) is 5.32. The Kier molecular flexibility index (Phi) is 4.27. The van der Waals surface area contributed by atoms with E-state index in [2.05, 4.69) is 4.90 Å². The van der Waals surface area contributed by atoms with Gasteiger partial charge < -0.3 is 15.7 Å². The molecular weight excluding hydrogens is 256 g/mol. The van der Waals surface area contributed by atoms with Gasteiger partial charge in [0.1, 0.15) is 0 Å². The van der Waals surface area contributed by atoms with Crippen molar-refractivity contribution in [2.24, 2.45) is 17.6 Å². The molecule has 1 atom stereocenters. The molecule has 1 unspecified atom stereocenters. The second-order valence-corrected chi connectivity index (χ2v) is 5.32. The number of nitrogens with two attached hydrogens (primary N) is 1. The fourth-order valence-corrected chi connectivity index (χ4v) is 2.40. The van der Waals surface area contributed by atoms with E-state index in [-0.39, 0.29) is 17.7 Å². The number of hydrogen-bond donors (Lipinski definition) is 2. The number of benzene rings is 1. The van der Waals surface area contributed by atoms with E-state index < -0.39 is 5.97 Å². The lowest BCUT2D eigenvalue weighted by atomic mass is 9.95. The van der Waals surface area contributed by atoms with E-state index in [0.717, 1.165) is 11.3 Å². The molecule has 108 valence electrons. The van der Waals surface area contributed by atoms with Crippen LogP contribution in [0.1, 0.15) is 18.9 Å². The number of primary amides is 1. The molecule has 0 bridgehead atoms. The van der Waals surface area contributed by atoms with Crippen molar-refractivity contribution in [3.05, 3.63) is 29.8 Å². The van der Waals surface area contributed by atoms with Gasteiger partial charge >= 0.3 is 5.97 Å². The van der Waals surface area contributed by atoms with Crippen molar-refractivity contribution in [3.8, 4) is 0 Å². The maximum absolute atomic E-state index is 11.0. The highest BCUT2D eigenvalue weighted by Crippen LogP contribution is 2.25. The van der Waals surface area contributed by atoms with Gasteiger partial charge in [0.2, 0.25) is 5.91 Å². The minimum atomic E-state index is -0.747. The lowest BCUT2D eigenvalue weighted by Gasteiger charge is -2.39. The third-order valence-electron chi connectivity index (χ3n) is 3.91. The topological polar surface area (TPSA) is 83.6 Å². The highest BCUT2D eigenvalue weighted by Gasteiger charge is 2.31. The number of carbonyl (C=O) groups excluding carboxylic acids is 1. The van der Waals surface area contributed by atoms with Crippen LogP contribution in [0, 0.1) is 11.8 Å². The molecule has 0 radical (unpaired) electrons. The minimum absolute atomic E-state index is 0.0499. The average Bonchev–Trinajstić information content (AvgIpc) is 2.35. The summed E-state index contributed by atoms with van der Waals surface area (Å²) in [5, 5.41) is 9.05. The van der Waals surface area contributed by atoms with Gasteiger partial charge in [0, 0.05) is 18.8 Å². The monoisotopic (exact) mass is 276 g/mol. The van der Waals surface area contributed by atoms with E-state index in [0.29, 0.717) is 25.9 Å². The molecular formula is C15H20N2O3. The van der Waals surface area contributed by atoms with Crippen molar-refractivity contribution >= 4 is 17.6 Å². The largest absolute Gasteiger partial charge is 0.481 e. The summed E-state index contributed by atoms with van der Waals surface area (Å²) in [6.45, 7) is 3.22. The zero-order valence-corrected chi connectivity index (χ0v) is 11.6. The van der Waals surface area contributed by atoms with Crippen molar-refractivity contribution in [3.63, 3.8) is 0 Å². The molecule has 1 aliphatic heterocycles. The zero-order chi connectivity index (χ0) is 14.7. The molecule has 1 heterocycles. The number of aliphatic carboxylic acids is 1. The van der Waals surface area contributed by atoms with Gasteiger partial charge in [0.15, 0.2) is 0 Å². The summed E-state index contributed by atoms with van der Waals surface area (Å²) in [5.74, 6) is -1.37. The van der Waals surface area contributed by atoms with E-state index in [1.807, 2.05) is 31.2 Å². The van der Waals surface area contributed by atoms with Gasteiger partial charge in [0.05, 0.1) is 11.8 Å². The Bertz CT molecular complexity index is 492. The smallest absolute Gasteiger partial charge is 0.306 e. The van der Waals surface area contributed by atoms with Gasteiger partial charge in [-0.15, -0.1) is 0 Å². The molecule has 1 aromatic rings. The molecule has 0 aliphatic carbocycles. The molecule has 5 nitrogen and oxygen atoms in total. The van der Waals surface area contributed by atoms with Crippen LogP contribution < -0.4 is 10.6 Å². The highest BCUT2D eigenvalue weighted by molar-refractivity contribution is 5.80. The minimum Gasteiger partial charge on any atom is -0.481 e. The van der Waals surface area contributed by atoms with Crippen LogP contribution in [0.25, 0.3) is 0 Å². The first kappa shape index (κ1) is 14.4. The Hall–Kier alpha value is -2.04. The van der Waals surface area contributed by atoms with E-state index >= 15 is 0 Å². The maximum atomic E-state index is 11.0.